The number of benzene rings is 2. The van der Waals surface area contributed by atoms with Gasteiger partial charge in [0.1, 0.15) is 5.82 Å². The minimum absolute atomic E-state index is 0.0762. The van der Waals surface area contributed by atoms with E-state index in [2.05, 4.69) is 10.4 Å². The van der Waals surface area contributed by atoms with Crippen LogP contribution in [0.1, 0.15) is 36.8 Å². The van der Waals surface area contributed by atoms with Crippen LogP contribution in [-0.4, -0.2) is 20.6 Å². The van der Waals surface area contributed by atoms with Crippen molar-refractivity contribution < 1.29 is 9.72 Å². The number of halogens is 1. The molecule has 0 aliphatic rings. The molecule has 0 fully saturated rings. The largest absolute Gasteiger partial charge is 0.306 e. The van der Waals surface area contributed by atoms with Crippen molar-refractivity contribution in [2.45, 2.75) is 26.2 Å². The first-order valence-corrected chi connectivity index (χ1v) is 8.96. The molecule has 1 aromatic heterocycles. The second-order valence-electron chi connectivity index (χ2n) is 7.29. The molecule has 0 unspecified atom stereocenters. The lowest BCUT2D eigenvalue weighted by Gasteiger charge is -2.14. The molecule has 0 radical (unpaired) electrons. The molecule has 0 bridgehead atoms. The molecule has 28 heavy (non-hydrogen) atoms. The predicted octanol–water partition coefficient (Wildman–Crippen LogP) is 4.98. The average molecular weight is 399 g/mol. The van der Waals surface area contributed by atoms with Gasteiger partial charge in [-0.1, -0.05) is 44.5 Å². The van der Waals surface area contributed by atoms with Crippen LogP contribution in [0.2, 0.25) is 5.02 Å². The number of anilines is 1. The minimum atomic E-state index is -0.510. The maximum absolute atomic E-state index is 12.7. The number of nitro benzene ring substituents is 1. The van der Waals surface area contributed by atoms with Gasteiger partial charge < -0.3 is 5.32 Å². The second kappa shape index (κ2) is 7.44. The van der Waals surface area contributed by atoms with Crippen molar-refractivity contribution >= 4 is 29.0 Å². The zero-order valence-corrected chi connectivity index (χ0v) is 16.4. The molecule has 3 rings (SSSR count). The summed E-state index contributed by atoms with van der Waals surface area (Å²) in [6.45, 7) is 6.07. The molecule has 7 nitrogen and oxygen atoms in total. The summed E-state index contributed by atoms with van der Waals surface area (Å²) in [6.07, 6.45) is 0. The fraction of sp³-hybridized carbons (Fsp3) is 0.200. The van der Waals surface area contributed by atoms with E-state index < -0.39 is 10.8 Å². The molecule has 3 aromatic rings. The number of hydrogen-bond donors (Lipinski definition) is 1. The molecule has 2 aromatic carbocycles. The van der Waals surface area contributed by atoms with E-state index in [0.717, 1.165) is 5.69 Å². The Morgan fingerprint density at radius 2 is 1.79 bits per heavy atom. The molecule has 0 atom stereocenters. The Hall–Kier alpha value is -3.19. The lowest BCUT2D eigenvalue weighted by atomic mass is 9.92. The number of aromatic nitrogens is 2. The molecular formula is C20H19ClN4O3. The third-order valence-corrected chi connectivity index (χ3v) is 4.46. The van der Waals surface area contributed by atoms with Gasteiger partial charge in [0, 0.05) is 29.2 Å². The van der Waals surface area contributed by atoms with Gasteiger partial charge in [0.2, 0.25) is 0 Å². The maximum Gasteiger partial charge on any atom is 0.269 e. The minimum Gasteiger partial charge on any atom is -0.306 e. The molecule has 1 N–H and O–H groups in total. The third-order valence-electron chi connectivity index (χ3n) is 4.14. The number of carbonyl (C=O) groups is 1. The van der Waals surface area contributed by atoms with Gasteiger partial charge in [-0.25, -0.2) is 4.68 Å². The van der Waals surface area contributed by atoms with Crippen molar-refractivity contribution in [1.82, 2.24) is 9.78 Å². The van der Waals surface area contributed by atoms with E-state index in [0.29, 0.717) is 22.1 Å². The Labute approximate surface area is 167 Å². The van der Waals surface area contributed by atoms with Crippen LogP contribution in [-0.2, 0) is 5.41 Å². The Bertz CT molecular complexity index is 1040. The van der Waals surface area contributed by atoms with Crippen LogP contribution in [0.15, 0.2) is 54.6 Å². The van der Waals surface area contributed by atoms with Crippen molar-refractivity contribution in [3.63, 3.8) is 0 Å². The van der Waals surface area contributed by atoms with Crippen LogP contribution in [0.5, 0.6) is 0 Å². The zero-order valence-electron chi connectivity index (χ0n) is 15.6. The standard InChI is InChI=1S/C20H19ClN4O3/c1-20(2,3)17-12-18(24(23-17)16-7-5-4-6-15(16)21)22-19(26)13-8-10-14(11-9-13)25(27)28/h4-12H,1-3H3,(H,22,26). The van der Waals surface area contributed by atoms with Gasteiger partial charge in [-0.15, -0.1) is 0 Å². The fourth-order valence-electron chi connectivity index (χ4n) is 2.57. The van der Waals surface area contributed by atoms with E-state index in [9.17, 15) is 14.9 Å². The van der Waals surface area contributed by atoms with Gasteiger partial charge >= 0.3 is 0 Å². The number of nitro groups is 1. The Kier molecular flexibility index (Phi) is 5.20. The van der Waals surface area contributed by atoms with Crippen molar-refractivity contribution in [3.05, 3.63) is 81.0 Å². The topological polar surface area (TPSA) is 90.1 Å². The molecule has 1 amide bonds. The van der Waals surface area contributed by atoms with E-state index in [1.165, 1.54) is 24.3 Å². The van der Waals surface area contributed by atoms with Crippen LogP contribution < -0.4 is 5.32 Å². The molecular weight excluding hydrogens is 380 g/mol. The first-order chi connectivity index (χ1) is 13.2. The van der Waals surface area contributed by atoms with E-state index in [1.807, 2.05) is 39.0 Å². The normalized spacial score (nSPS) is 11.3. The molecule has 0 aliphatic carbocycles. The number of para-hydroxylation sites is 1. The molecule has 0 spiro atoms. The lowest BCUT2D eigenvalue weighted by Crippen LogP contribution is -2.15. The summed E-state index contributed by atoms with van der Waals surface area (Å²) in [6, 6.07) is 14.4. The predicted molar refractivity (Wildman–Crippen MR) is 108 cm³/mol. The first-order valence-electron chi connectivity index (χ1n) is 8.58. The van der Waals surface area contributed by atoms with Gasteiger partial charge in [-0.3, -0.25) is 14.9 Å². The number of nitrogens with zero attached hydrogens (tertiary/aromatic N) is 3. The van der Waals surface area contributed by atoms with Crippen molar-refractivity contribution in [1.29, 1.82) is 0 Å². The summed E-state index contributed by atoms with van der Waals surface area (Å²) in [4.78, 5) is 22.9. The van der Waals surface area contributed by atoms with Crippen LogP contribution in [0.25, 0.3) is 5.69 Å². The number of rotatable bonds is 4. The molecule has 0 saturated heterocycles. The van der Waals surface area contributed by atoms with Gasteiger partial charge in [0.05, 0.1) is 21.3 Å². The Morgan fingerprint density at radius 1 is 1.14 bits per heavy atom. The van der Waals surface area contributed by atoms with Gasteiger partial charge in [-0.2, -0.15) is 5.10 Å². The SMILES string of the molecule is CC(C)(C)c1cc(NC(=O)c2ccc([N+](=O)[O-])cc2)n(-c2ccccc2Cl)n1. The lowest BCUT2D eigenvalue weighted by molar-refractivity contribution is -0.384. The van der Waals surface area contributed by atoms with Crippen molar-refractivity contribution in [2.75, 3.05) is 5.32 Å². The smallest absolute Gasteiger partial charge is 0.269 e. The fourth-order valence-corrected chi connectivity index (χ4v) is 2.78. The number of hydrogen-bond acceptors (Lipinski definition) is 4. The van der Waals surface area contributed by atoms with Gasteiger partial charge in [0.15, 0.2) is 0 Å². The average Bonchev–Trinajstić information content (AvgIpc) is 3.06. The Morgan fingerprint density at radius 3 is 2.36 bits per heavy atom. The van der Waals surface area contributed by atoms with Crippen molar-refractivity contribution in [3.8, 4) is 5.69 Å². The summed E-state index contributed by atoms with van der Waals surface area (Å²) in [7, 11) is 0. The van der Waals surface area contributed by atoms with E-state index in [-0.39, 0.29) is 11.1 Å². The number of carbonyl (C=O) groups excluding carboxylic acids is 1. The molecule has 0 saturated carbocycles. The third kappa shape index (κ3) is 4.04. The highest BCUT2D eigenvalue weighted by Crippen LogP contribution is 2.29. The maximum atomic E-state index is 12.7. The summed E-state index contributed by atoms with van der Waals surface area (Å²) >= 11 is 6.32. The Balaban J connectivity index is 1.98. The quantitative estimate of drug-likeness (QED) is 0.495. The van der Waals surface area contributed by atoms with Crippen molar-refractivity contribution in [2.24, 2.45) is 0 Å². The summed E-state index contributed by atoms with van der Waals surface area (Å²) in [5.41, 5.74) is 1.41. The molecule has 1 heterocycles. The number of non-ortho nitro benzene ring substituents is 1. The number of amides is 1. The van der Waals surface area contributed by atoms with Gasteiger partial charge in [0.25, 0.3) is 11.6 Å². The highest BCUT2D eigenvalue weighted by Gasteiger charge is 2.22. The highest BCUT2D eigenvalue weighted by atomic mass is 35.5. The number of nitrogens with one attached hydrogen (secondary N) is 1. The summed E-state index contributed by atoms with van der Waals surface area (Å²) in [5.74, 6) is 0.0601. The van der Waals surface area contributed by atoms with Crippen LogP contribution in [0.4, 0.5) is 11.5 Å². The summed E-state index contributed by atoms with van der Waals surface area (Å²) in [5, 5.41) is 18.7. The highest BCUT2D eigenvalue weighted by molar-refractivity contribution is 6.32. The second-order valence-corrected chi connectivity index (χ2v) is 7.69. The van der Waals surface area contributed by atoms with Crippen LogP contribution in [0, 0.1) is 10.1 Å². The molecule has 144 valence electrons. The monoisotopic (exact) mass is 398 g/mol. The van der Waals surface area contributed by atoms with Crippen LogP contribution in [0.3, 0.4) is 0 Å². The van der Waals surface area contributed by atoms with Gasteiger partial charge in [-0.05, 0) is 24.3 Å². The van der Waals surface area contributed by atoms with E-state index >= 15 is 0 Å². The molecule has 0 aliphatic heterocycles. The molecule has 8 heteroatoms. The van der Waals surface area contributed by atoms with Crippen LogP contribution >= 0.6 is 11.6 Å². The van der Waals surface area contributed by atoms with E-state index in [1.54, 1.807) is 16.8 Å². The van der Waals surface area contributed by atoms with E-state index in [4.69, 9.17) is 11.6 Å². The first kappa shape index (κ1) is 19.6. The summed E-state index contributed by atoms with van der Waals surface area (Å²) < 4.78 is 1.59. The zero-order chi connectivity index (χ0) is 20.5.